The van der Waals surface area contributed by atoms with Crippen LogP contribution in [0.2, 0.25) is 0 Å². The summed E-state index contributed by atoms with van der Waals surface area (Å²) >= 11 is 0. The van der Waals surface area contributed by atoms with Gasteiger partial charge in [0.15, 0.2) is 0 Å². The van der Waals surface area contributed by atoms with E-state index in [0.717, 1.165) is 10.9 Å². The van der Waals surface area contributed by atoms with E-state index in [1.807, 2.05) is 38.1 Å². The minimum absolute atomic E-state index is 0.154. The van der Waals surface area contributed by atoms with Crippen LogP contribution in [0.3, 0.4) is 0 Å². The van der Waals surface area contributed by atoms with Crippen LogP contribution in [0.15, 0.2) is 49.2 Å². The number of nitrogens with zero attached hydrogens (tertiary/aromatic N) is 2. The zero-order valence-electron chi connectivity index (χ0n) is 17.9. The molecule has 2 aromatic rings. The Labute approximate surface area is 178 Å². The van der Waals surface area contributed by atoms with E-state index in [4.69, 9.17) is 0 Å². The first-order valence-corrected chi connectivity index (χ1v) is 11.6. The van der Waals surface area contributed by atoms with Crippen molar-refractivity contribution in [2.75, 3.05) is 6.54 Å². The number of fused-ring (bicyclic) bond motifs is 1. The smallest absolute Gasteiger partial charge is 0.262 e. The molecule has 0 aliphatic rings. The molecular weight excluding hydrogens is 402 g/mol. The largest absolute Gasteiger partial charge is 0.289 e. The Hall–Kier alpha value is -2.29. The van der Waals surface area contributed by atoms with Gasteiger partial charge in [-0.1, -0.05) is 52.0 Å². The summed E-state index contributed by atoms with van der Waals surface area (Å²) in [6, 6.07) is 8.18. The molecule has 7 nitrogen and oxygen atoms in total. The Bertz CT molecular complexity index is 989. The molecule has 2 unspecified atom stereocenters. The molecule has 0 radical (unpaired) electrons. The molecular formula is C22H31N3O4S. The number of carbonyl (C=O) groups is 1. The van der Waals surface area contributed by atoms with Crippen molar-refractivity contribution in [3.63, 3.8) is 0 Å². The summed E-state index contributed by atoms with van der Waals surface area (Å²) in [4.78, 5) is 16.8. The van der Waals surface area contributed by atoms with Gasteiger partial charge in [0.2, 0.25) is 10.0 Å². The molecule has 0 spiro atoms. The first-order valence-electron chi connectivity index (χ1n) is 10.0. The topological polar surface area (TPSA) is 99.6 Å². The Morgan fingerprint density at radius 1 is 1.27 bits per heavy atom. The molecule has 1 aromatic heterocycles. The molecule has 0 aliphatic carbocycles. The number of hydroxylamine groups is 1. The number of aromatic nitrogens is 1. The number of para-hydroxylation sites is 1. The van der Waals surface area contributed by atoms with E-state index in [9.17, 15) is 18.4 Å². The second-order valence-corrected chi connectivity index (χ2v) is 10.1. The zero-order valence-corrected chi connectivity index (χ0v) is 18.8. The highest BCUT2D eigenvalue weighted by Gasteiger charge is 2.40. The molecule has 0 saturated heterocycles. The van der Waals surface area contributed by atoms with Crippen LogP contribution in [0.1, 0.15) is 44.9 Å². The summed E-state index contributed by atoms with van der Waals surface area (Å²) in [5.41, 5.74) is 2.86. The van der Waals surface area contributed by atoms with Crippen molar-refractivity contribution < 1.29 is 18.4 Å². The van der Waals surface area contributed by atoms with Gasteiger partial charge in [-0.05, 0) is 36.0 Å². The molecule has 0 fully saturated rings. The van der Waals surface area contributed by atoms with Crippen LogP contribution in [0.5, 0.6) is 0 Å². The summed E-state index contributed by atoms with van der Waals surface area (Å²) in [5, 5.41) is 8.97. The normalized spacial score (nSPS) is 14.3. The second kappa shape index (κ2) is 10.1. The summed E-state index contributed by atoms with van der Waals surface area (Å²) in [6.07, 6.45) is 3.46. The Balaban J connectivity index is 2.56. The summed E-state index contributed by atoms with van der Waals surface area (Å²) in [6.45, 7) is 11.4. The molecule has 2 rings (SSSR count). The highest BCUT2D eigenvalue weighted by Crippen LogP contribution is 2.31. The first kappa shape index (κ1) is 24.0. The van der Waals surface area contributed by atoms with Gasteiger partial charge >= 0.3 is 0 Å². The molecule has 0 saturated carbocycles. The number of nitrogens with one attached hydrogen (secondary N) is 1. The van der Waals surface area contributed by atoms with Crippen LogP contribution < -0.4 is 5.48 Å². The average molecular weight is 434 g/mol. The van der Waals surface area contributed by atoms with Crippen molar-refractivity contribution in [1.82, 2.24) is 14.8 Å². The lowest BCUT2D eigenvalue weighted by atomic mass is 10.0. The molecule has 2 atom stereocenters. The van der Waals surface area contributed by atoms with Crippen LogP contribution in [-0.2, 0) is 14.8 Å². The predicted octanol–water partition coefficient (Wildman–Crippen LogP) is 3.67. The standard InChI is InChI=1S/C22H31N3O4S/c1-6-20(18-13-17-9-7-8-10-19(17)23-14-18)30(28,29)25(12-11-15(2)3)21(16(4)5)22(26)24-27/h6-10,13-16,20-21,27H,1,11-12H2,2-5H3,(H,24,26). The maximum absolute atomic E-state index is 13.7. The number of benzene rings is 1. The predicted molar refractivity (Wildman–Crippen MR) is 118 cm³/mol. The molecule has 2 N–H and O–H groups in total. The van der Waals surface area contributed by atoms with Gasteiger partial charge in [0.05, 0.1) is 5.52 Å². The van der Waals surface area contributed by atoms with Crippen molar-refractivity contribution >= 4 is 26.8 Å². The number of hydrogen-bond donors (Lipinski definition) is 2. The van der Waals surface area contributed by atoms with Crippen LogP contribution in [0.25, 0.3) is 10.9 Å². The van der Waals surface area contributed by atoms with E-state index in [0.29, 0.717) is 12.0 Å². The number of sulfonamides is 1. The fourth-order valence-corrected chi connectivity index (χ4v) is 5.48. The maximum Gasteiger partial charge on any atom is 0.262 e. The number of amides is 1. The number of rotatable bonds is 10. The van der Waals surface area contributed by atoms with Gasteiger partial charge in [-0.15, -0.1) is 6.58 Å². The molecule has 1 amide bonds. The van der Waals surface area contributed by atoms with Crippen LogP contribution in [0, 0.1) is 11.8 Å². The fraction of sp³-hybridized carbons (Fsp3) is 0.455. The maximum atomic E-state index is 13.7. The third-order valence-corrected chi connectivity index (χ3v) is 7.22. The zero-order chi connectivity index (χ0) is 22.5. The summed E-state index contributed by atoms with van der Waals surface area (Å²) < 4.78 is 28.7. The Morgan fingerprint density at radius 3 is 2.50 bits per heavy atom. The lowest BCUT2D eigenvalue weighted by Crippen LogP contribution is -2.53. The van der Waals surface area contributed by atoms with E-state index in [1.54, 1.807) is 25.4 Å². The van der Waals surface area contributed by atoms with Crippen molar-refractivity contribution in [3.8, 4) is 0 Å². The molecule has 1 aromatic carbocycles. The first-order chi connectivity index (χ1) is 14.1. The lowest BCUT2D eigenvalue weighted by Gasteiger charge is -2.34. The molecule has 164 valence electrons. The number of pyridine rings is 1. The molecule has 8 heteroatoms. The van der Waals surface area contributed by atoms with Crippen LogP contribution in [-0.4, -0.2) is 41.4 Å². The van der Waals surface area contributed by atoms with Gasteiger partial charge < -0.3 is 0 Å². The van der Waals surface area contributed by atoms with Crippen LogP contribution >= 0.6 is 0 Å². The van der Waals surface area contributed by atoms with Gasteiger partial charge in [-0.2, -0.15) is 4.31 Å². The van der Waals surface area contributed by atoms with Gasteiger partial charge in [-0.25, -0.2) is 13.9 Å². The molecule has 0 bridgehead atoms. The minimum Gasteiger partial charge on any atom is -0.289 e. The fourth-order valence-electron chi connectivity index (χ4n) is 3.46. The molecule has 30 heavy (non-hydrogen) atoms. The molecule has 0 aliphatic heterocycles. The Morgan fingerprint density at radius 2 is 1.93 bits per heavy atom. The minimum atomic E-state index is -4.03. The van der Waals surface area contributed by atoms with E-state index in [1.165, 1.54) is 16.6 Å². The van der Waals surface area contributed by atoms with Crippen molar-refractivity contribution in [3.05, 3.63) is 54.7 Å². The van der Waals surface area contributed by atoms with E-state index in [-0.39, 0.29) is 18.4 Å². The SMILES string of the molecule is C=CC(c1cnc2ccccc2c1)S(=O)(=O)N(CCC(C)C)C(C(=O)NO)C(C)C. The highest BCUT2D eigenvalue weighted by molar-refractivity contribution is 7.89. The van der Waals surface area contributed by atoms with Gasteiger partial charge in [-0.3, -0.25) is 15.0 Å². The third-order valence-electron chi connectivity index (χ3n) is 5.05. The average Bonchev–Trinajstić information content (AvgIpc) is 2.70. The summed E-state index contributed by atoms with van der Waals surface area (Å²) in [7, 11) is -4.03. The highest BCUT2D eigenvalue weighted by atomic mass is 32.2. The van der Waals surface area contributed by atoms with E-state index >= 15 is 0 Å². The Kier molecular flexibility index (Phi) is 8.11. The van der Waals surface area contributed by atoms with E-state index < -0.39 is 27.2 Å². The van der Waals surface area contributed by atoms with Crippen molar-refractivity contribution in [1.29, 1.82) is 0 Å². The second-order valence-electron chi connectivity index (χ2n) is 8.12. The van der Waals surface area contributed by atoms with E-state index in [2.05, 4.69) is 11.6 Å². The number of hydrogen-bond acceptors (Lipinski definition) is 5. The van der Waals surface area contributed by atoms with Crippen LogP contribution in [0.4, 0.5) is 0 Å². The van der Waals surface area contributed by atoms with Gasteiger partial charge in [0.1, 0.15) is 11.3 Å². The van der Waals surface area contributed by atoms with Gasteiger partial charge in [0, 0.05) is 18.1 Å². The number of carbonyl (C=O) groups excluding carboxylic acids is 1. The monoisotopic (exact) mass is 433 g/mol. The third kappa shape index (κ3) is 5.24. The quantitative estimate of drug-likeness (QED) is 0.338. The summed E-state index contributed by atoms with van der Waals surface area (Å²) in [5.74, 6) is -0.867. The van der Waals surface area contributed by atoms with Crippen molar-refractivity contribution in [2.45, 2.75) is 45.4 Å². The van der Waals surface area contributed by atoms with Gasteiger partial charge in [0.25, 0.3) is 5.91 Å². The lowest BCUT2D eigenvalue weighted by molar-refractivity contribution is -0.134. The van der Waals surface area contributed by atoms with Crippen molar-refractivity contribution in [2.24, 2.45) is 11.8 Å². The molecule has 1 heterocycles.